The summed E-state index contributed by atoms with van der Waals surface area (Å²) in [4.78, 5) is 15.1. The van der Waals surface area contributed by atoms with Crippen LogP contribution in [0, 0.1) is 19.7 Å². The van der Waals surface area contributed by atoms with Crippen LogP contribution in [0.25, 0.3) is 5.69 Å². The van der Waals surface area contributed by atoms with Crippen molar-refractivity contribution in [2.24, 2.45) is 7.05 Å². The number of nitrogens with zero attached hydrogens (tertiary/aromatic N) is 5. The molecule has 8 heteroatoms. The zero-order valence-electron chi connectivity index (χ0n) is 16.5. The number of carbonyl (C=O) groups excluding carboxylic acids is 1. The first-order chi connectivity index (χ1) is 13.4. The molecule has 0 spiro atoms. The highest BCUT2D eigenvalue weighted by atomic mass is 19.1. The maximum atomic E-state index is 13.3. The Morgan fingerprint density at radius 1 is 1.25 bits per heavy atom. The van der Waals surface area contributed by atoms with Gasteiger partial charge in [-0.25, -0.2) is 9.07 Å². The smallest absolute Gasteiger partial charge is 0.257 e. The Morgan fingerprint density at radius 3 is 2.57 bits per heavy atom. The Morgan fingerprint density at radius 2 is 1.96 bits per heavy atom. The molecule has 0 N–H and O–H groups in total. The molecule has 0 fully saturated rings. The minimum Gasteiger partial charge on any atom is -0.383 e. The molecule has 1 amide bonds. The monoisotopic (exact) mass is 385 g/mol. The van der Waals surface area contributed by atoms with Crippen molar-refractivity contribution in [2.45, 2.75) is 20.4 Å². The number of hydrogen-bond acceptors (Lipinski definition) is 4. The largest absolute Gasteiger partial charge is 0.383 e. The van der Waals surface area contributed by atoms with Crippen molar-refractivity contribution in [3.63, 3.8) is 0 Å². The zero-order chi connectivity index (χ0) is 20.3. The van der Waals surface area contributed by atoms with E-state index in [4.69, 9.17) is 4.74 Å². The standard InChI is InChI=1S/C20H24FN5O2/c1-14-19(15(2)26(23-14)18-7-5-17(21)6-8-18)20(27)25(9-10-28-4)13-16-11-22-24(3)12-16/h5-8,11-12H,9-10,13H2,1-4H3. The molecule has 0 radical (unpaired) electrons. The molecule has 0 atom stereocenters. The molecule has 0 bridgehead atoms. The van der Waals surface area contributed by atoms with Crippen molar-refractivity contribution in [1.29, 1.82) is 0 Å². The van der Waals surface area contributed by atoms with E-state index in [-0.39, 0.29) is 11.7 Å². The number of ether oxygens (including phenoxy) is 1. The Balaban J connectivity index is 1.92. The fourth-order valence-corrected chi connectivity index (χ4v) is 3.17. The van der Waals surface area contributed by atoms with Gasteiger partial charge in [-0.05, 0) is 38.1 Å². The third kappa shape index (κ3) is 4.12. The van der Waals surface area contributed by atoms with E-state index in [9.17, 15) is 9.18 Å². The molecule has 2 heterocycles. The summed E-state index contributed by atoms with van der Waals surface area (Å²) in [5.74, 6) is -0.437. The van der Waals surface area contributed by atoms with Gasteiger partial charge in [0.15, 0.2) is 0 Å². The summed E-state index contributed by atoms with van der Waals surface area (Å²) >= 11 is 0. The maximum absolute atomic E-state index is 13.3. The third-order valence-corrected chi connectivity index (χ3v) is 4.56. The van der Waals surface area contributed by atoms with Gasteiger partial charge < -0.3 is 9.64 Å². The lowest BCUT2D eigenvalue weighted by Crippen LogP contribution is -2.34. The van der Waals surface area contributed by atoms with Crippen LogP contribution in [0.15, 0.2) is 36.7 Å². The highest BCUT2D eigenvalue weighted by molar-refractivity contribution is 5.96. The molecule has 1 aromatic carbocycles. The molecule has 7 nitrogen and oxygen atoms in total. The highest BCUT2D eigenvalue weighted by Gasteiger charge is 2.24. The molecule has 0 saturated carbocycles. The van der Waals surface area contributed by atoms with Gasteiger partial charge in [0, 0.05) is 39.0 Å². The molecular formula is C20H24FN5O2. The van der Waals surface area contributed by atoms with Crippen molar-refractivity contribution in [2.75, 3.05) is 20.3 Å². The number of amides is 1. The SMILES string of the molecule is COCCN(Cc1cnn(C)c1)C(=O)c1c(C)nn(-c2ccc(F)cc2)c1C. The number of halogens is 1. The van der Waals surface area contributed by atoms with Gasteiger partial charge in [-0.15, -0.1) is 0 Å². The van der Waals surface area contributed by atoms with Gasteiger partial charge in [-0.2, -0.15) is 10.2 Å². The Hall–Kier alpha value is -3.00. The van der Waals surface area contributed by atoms with Crippen LogP contribution in [0.4, 0.5) is 4.39 Å². The fraction of sp³-hybridized carbons (Fsp3) is 0.350. The molecule has 28 heavy (non-hydrogen) atoms. The van der Waals surface area contributed by atoms with Crippen molar-refractivity contribution in [3.05, 3.63) is 65.0 Å². The number of methoxy groups -OCH3 is 1. The number of benzene rings is 1. The van der Waals surface area contributed by atoms with Gasteiger partial charge in [0.2, 0.25) is 0 Å². The van der Waals surface area contributed by atoms with Crippen LogP contribution < -0.4 is 0 Å². The number of aromatic nitrogens is 4. The van der Waals surface area contributed by atoms with Gasteiger partial charge in [-0.1, -0.05) is 0 Å². The van der Waals surface area contributed by atoms with Gasteiger partial charge in [0.25, 0.3) is 5.91 Å². The highest BCUT2D eigenvalue weighted by Crippen LogP contribution is 2.21. The Kier molecular flexibility index (Phi) is 5.89. The van der Waals surface area contributed by atoms with Crippen LogP contribution >= 0.6 is 0 Å². The van der Waals surface area contributed by atoms with Crippen LogP contribution in [0.2, 0.25) is 0 Å². The van der Waals surface area contributed by atoms with Crippen LogP contribution in [0.3, 0.4) is 0 Å². The van der Waals surface area contributed by atoms with Crippen molar-refractivity contribution < 1.29 is 13.9 Å². The molecule has 0 unspecified atom stereocenters. The molecule has 2 aromatic heterocycles. The predicted octanol–water partition coefficient (Wildman–Crippen LogP) is 2.65. The molecule has 3 rings (SSSR count). The summed E-state index contributed by atoms with van der Waals surface area (Å²) < 4.78 is 21.8. The van der Waals surface area contributed by atoms with Crippen LogP contribution in [-0.4, -0.2) is 50.6 Å². The van der Waals surface area contributed by atoms with E-state index in [0.717, 1.165) is 5.56 Å². The van der Waals surface area contributed by atoms with Crippen LogP contribution in [0.1, 0.15) is 27.3 Å². The summed E-state index contributed by atoms with van der Waals surface area (Å²) in [6.07, 6.45) is 3.63. The summed E-state index contributed by atoms with van der Waals surface area (Å²) in [7, 11) is 3.45. The van der Waals surface area contributed by atoms with E-state index in [1.165, 1.54) is 12.1 Å². The van der Waals surface area contributed by atoms with Crippen molar-refractivity contribution >= 4 is 5.91 Å². The first-order valence-electron chi connectivity index (χ1n) is 8.98. The molecule has 0 aliphatic heterocycles. The van der Waals surface area contributed by atoms with Gasteiger partial charge in [-0.3, -0.25) is 9.48 Å². The van der Waals surface area contributed by atoms with Crippen molar-refractivity contribution in [1.82, 2.24) is 24.5 Å². The fourth-order valence-electron chi connectivity index (χ4n) is 3.17. The van der Waals surface area contributed by atoms with Crippen molar-refractivity contribution in [3.8, 4) is 5.69 Å². The Labute approximate surface area is 163 Å². The zero-order valence-corrected chi connectivity index (χ0v) is 16.5. The van der Waals surface area contributed by atoms with E-state index in [2.05, 4.69) is 10.2 Å². The van der Waals surface area contributed by atoms with Gasteiger partial charge in [0.05, 0.1) is 35.4 Å². The molecule has 0 aliphatic carbocycles. The number of rotatable bonds is 7. The second-order valence-corrected chi connectivity index (χ2v) is 6.68. The van der Waals surface area contributed by atoms with E-state index >= 15 is 0 Å². The number of carbonyl (C=O) groups is 1. The first kappa shape index (κ1) is 19.8. The normalized spacial score (nSPS) is 11.0. The minimum absolute atomic E-state index is 0.121. The predicted molar refractivity (Wildman–Crippen MR) is 103 cm³/mol. The van der Waals surface area contributed by atoms with E-state index < -0.39 is 0 Å². The summed E-state index contributed by atoms with van der Waals surface area (Å²) in [5.41, 5.74) is 3.53. The first-order valence-corrected chi connectivity index (χ1v) is 8.98. The van der Waals surface area contributed by atoms with Gasteiger partial charge in [0.1, 0.15) is 5.82 Å². The topological polar surface area (TPSA) is 65.2 Å². The quantitative estimate of drug-likeness (QED) is 0.627. The van der Waals surface area contributed by atoms with Crippen LogP contribution in [-0.2, 0) is 18.3 Å². The molecule has 0 aliphatic rings. The second kappa shape index (κ2) is 8.35. The van der Waals surface area contributed by atoms with Gasteiger partial charge >= 0.3 is 0 Å². The molecular weight excluding hydrogens is 361 g/mol. The van der Waals surface area contributed by atoms with E-state index in [1.807, 2.05) is 20.2 Å². The van der Waals surface area contributed by atoms with Crippen LogP contribution in [0.5, 0.6) is 0 Å². The molecule has 0 saturated heterocycles. The third-order valence-electron chi connectivity index (χ3n) is 4.56. The number of aryl methyl sites for hydroxylation is 2. The molecule has 148 valence electrons. The summed E-state index contributed by atoms with van der Waals surface area (Å²) in [5, 5.41) is 8.67. The Bertz CT molecular complexity index is 962. The molecule has 3 aromatic rings. The summed E-state index contributed by atoms with van der Waals surface area (Å²) in [6.45, 7) is 4.95. The number of hydrogen-bond donors (Lipinski definition) is 0. The average molecular weight is 385 g/mol. The second-order valence-electron chi connectivity index (χ2n) is 6.68. The maximum Gasteiger partial charge on any atom is 0.257 e. The lowest BCUT2D eigenvalue weighted by molar-refractivity contribution is 0.0679. The lowest BCUT2D eigenvalue weighted by atomic mass is 10.1. The lowest BCUT2D eigenvalue weighted by Gasteiger charge is -2.22. The minimum atomic E-state index is -0.316. The van der Waals surface area contributed by atoms with E-state index in [1.54, 1.807) is 46.6 Å². The summed E-state index contributed by atoms with van der Waals surface area (Å²) in [6, 6.07) is 6.03. The van der Waals surface area contributed by atoms with E-state index in [0.29, 0.717) is 42.3 Å². The average Bonchev–Trinajstić information content (AvgIpc) is 3.21.